The van der Waals surface area contributed by atoms with E-state index in [0.29, 0.717) is 11.1 Å². The molecule has 0 amide bonds. The summed E-state index contributed by atoms with van der Waals surface area (Å²) in [4.78, 5) is 14.9. The Bertz CT molecular complexity index is 800. The lowest BCUT2D eigenvalue weighted by Crippen LogP contribution is -2.05. The van der Waals surface area contributed by atoms with Gasteiger partial charge in [0.1, 0.15) is 0 Å². The van der Waals surface area contributed by atoms with Crippen molar-refractivity contribution in [1.29, 1.82) is 0 Å². The fourth-order valence-electron chi connectivity index (χ4n) is 2.39. The quantitative estimate of drug-likeness (QED) is 0.266. The predicted octanol–water partition coefficient (Wildman–Crippen LogP) is 4.98. The monoisotopic (exact) mass is 376 g/mol. The molecule has 0 saturated carbocycles. The molecule has 138 valence electrons. The van der Waals surface area contributed by atoms with Crippen molar-refractivity contribution in [3.8, 4) is 0 Å². The van der Waals surface area contributed by atoms with Crippen molar-refractivity contribution in [2.24, 2.45) is 4.99 Å². The Morgan fingerprint density at radius 1 is 1.12 bits per heavy atom. The lowest BCUT2D eigenvalue weighted by molar-refractivity contribution is -0.384. The minimum Gasteiger partial charge on any atom is -0.307 e. The summed E-state index contributed by atoms with van der Waals surface area (Å²) in [6.45, 7) is 3.90. The predicted molar refractivity (Wildman–Crippen MR) is 101 cm³/mol. The summed E-state index contributed by atoms with van der Waals surface area (Å²) in [5, 5.41) is 10.9. The van der Waals surface area contributed by atoms with Crippen molar-refractivity contribution in [3.05, 3.63) is 75.8 Å². The number of nitro benzene ring substituents is 1. The fraction of sp³-hybridized carbons (Fsp3) is 0.278. The molecule has 8 heteroatoms. The normalized spacial score (nSPS) is 13.0. The Labute approximate surface area is 152 Å². The Morgan fingerprint density at radius 2 is 1.77 bits per heavy atom. The second-order valence-corrected chi connectivity index (χ2v) is 7.38. The highest BCUT2D eigenvalue weighted by Gasteiger charge is 2.36. The maximum absolute atomic E-state index is 13.2. The summed E-state index contributed by atoms with van der Waals surface area (Å²) < 4.78 is 24.1. The summed E-state index contributed by atoms with van der Waals surface area (Å²) in [6.07, 6.45) is 1.45. The van der Waals surface area contributed by atoms with Crippen molar-refractivity contribution < 1.29 is 18.5 Å². The molecule has 0 aliphatic heterocycles. The van der Waals surface area contributed by atoms with Crippen molar-refractivity contribution >= 4 is 19.5 Å². The molecule has 2 aromatic carbocycles. The SMILES string of the molecule is CCOP(=O)(OCC)[C@@H](N=Cc1cccc([N+](=O)[O-])c1)c1ccccc1. The summed E-state index contributed by atoms with van der Waals surface area (Å²) in [5.41, 5.74) is 1.17. The minimum absolute atomic E-state index is 0.0389. The fourth-order valence-corrected chi connectivity index (χ4v) is 4.23. The molecule has 0 unspecified atom stereocenters. The van der Waals surface area contributed by atoms with Crippen LogP contribution in [0.15, 0.2) is 59.6 Å². The number of aliphatic imine (C=N–C) groups is 1. The van der Waals surface area contributed by atoms with Crippen molar-refractivity contribution in [1.82, 2.24) is 0 Å². The third kappa shape index (κ3) is 5.08. The second kappa shape index (κ2) is 9.38. The minimum atomic E-state index is -3.55. The average Bonchev–Trinajstić information content (AvgIpc) is 2.63. The topological polar surface area (TPSA) is 91.0 Å². The van der Waals surface area contributed by atoms with E-state index < -0.39 is 18.3 Å². The van der Waals surface area contributed by atoms with Crippen LogP contribution in [0.5, 0.6) is 0 Å². The van der Waals surface area contributed by atoms with Crippen LogP contribution in [0.3, 0.4) is 0 Å². The maximum atomic E-state index is 13.2. The summed E-state index contributed by atoms with van der Waals surface area (Å²) in [5.74, 6) is -0.858. The molecule has 0 radical (unpaired) electrons. The molecule has 26 heavy (non-hydrogen) atoms. The number of nitrogens with zero attached hydrogens (tertiary/aromatic N) is 2. The number of non-ortho nitro benzene ring substituents is 1. The Hall–Kier alpha value is -2.34. The molecule has 7 nitrogen and oxygen atoms in total. The van der Waals surface area contributed by atoms with Gasteiger partial charge in [0.2, 0.25) is 0 Å². The molecular formula is C18H21N2O5P. The Balaban J connectivity index is 2.43. The Kier molecular flexibility index (Phi) is 7.21. The highest BCUT2D eigenvalue weighted by molar-refractivity contribution is 7.54. The van der Waals surface area contributed by atoms with Crippen molar-refractivity contribution in [3.63, 3.8) is 0 Å². The molecule has 1 atom stereocenters. The van der Waals surface area contributed by atoms with Crippen molar-refractivity contribution in [2.75, 3.05) is 13.2 Å². The van der Waals surface area contributed by atoms with Crippen LogP contribution in [-0.4, -0.2) is 24.4 Å². The summed E-state index contributed by atoms with van der Waals surface area (Å²) in [7, 11) is -3.55. The first-order chi connectivity index (χ1) is 12.5. The standard InChI is InChI=1S/C18H21N2O5P/c1-3-24-26(23,25-4-2)18(16-10-6-5-7-11-16)19-14-15-9-8-12-17(13-15)20(21)22/h5-14,18H,3-4H2,1-2H3/t18-/m1/s1. The van der Waals surface area contributed by atoms with E-state index in [1.807, 2.05) is 18.2 Å². The molecule has 0 aromatic heterocycles. The third-order valence-corrected chi connectivity index (χ3v) is 5.73. The van der Waals surface area contributed by atoms with Gasteiger partial charge in [-0.25, -0.2) is 0 Å². The summed E-state index contributed by atoms with van der Waals surface area (Å²) in [6, 6.07) is 15.1. The van der Waals surface area contributed by atoms with Gasteiger partial charge < -0.3 is 9.05 Å². The zero-order chi connectivity index (χ0) is 19.0. The zero-order valence-electron chi connectivity index (χ0n) is 14.6. The van der Waals surface area contributed by atoms with Gasteiger partial charge >= 0.3 is 7.60 Å². The number of rotatable bonds is 9. The second-order valence-electron chi connectivity index (χ2n) is 5.29. The highest BCUT2D eigenvalue weighted by Crippen LogP contribution is 2.61. The van der Waals surface area contributed by atoms with E-state index in [-0.39, 0.29) is 18.9 Å². The molecule has 0 saturated heterocycles. The molecule has 0 aliphatic rings. The molecule has 0 fully saturated rings. The van der Waals surface area contributed by atoms with E-state index in [1.54, 1.807) is 38.1 Å². The van der Waals surface area contributed by atoms with Gasteiger partial charge in [-0.15, -0.1) is 0 Å². The van der Waals surface area contributed by atoms with Crippen LogP contribution < -0.4 is 0 Å². The van der Waals surface area contributed by atoms with Gasteiger partial charge in [-0.3, -0.25) is 19.7 Å². The van der Waals surface area contributed by atoms with Crippen LogP contribution in [0, 0.1) is 10.1 Å². The van der Waals surface area contributed by atoms with Gasteiger partial charge in [0.25, 0.3) is 5.69 Å². The first kappa shape index (κ1) is 20.0. The van der Waals surface area contributed by atoms with Crippen molar-refractivity contribution in [2.45, 2.75) is 19.6 Å². The number of nitro groups is 1. The van der Waals surface area contributed by atoms with Gasteiger partial charge in [0, 0.05) is 18.3 Å². The number of benzene rings is 2. The maximum Gasteiger partial charge on any atom is 0.359 e. The van der Waals surface area contributed by atoms with Crippen LogP contribution in [-0.2, 0) is 13.6 Å². The van der Waals surface area contributed by atoms with Crippen LogP contribution in [0.25, 0.3) is 0 Å². The van der Waals surface area contributed by atoms with Gasteiger partial charge in [-0.2, -0.15) is 0 Å². The molecule has 0 heterocycles. The number of hydrogen-bond acceptors (Lipinski definition) is 6. The van der Waals surface area contributed by atoms with E-state index in [4.69, 9.17) is 9.05 Å². The largest absolute Gasteiger partial charge is 0.359 e. The molecule has 0 N–H and O–H groups in total. The van der Waals surface area contributed by atoms with E-state index in [1.165, 1.54) is 18.3 Å². The first-order valence-corrected chi connectivity index (χ1v) is 9.82. The summed E-state index contributed by atoms with van der Waals surface area (Å²) >= 11 is 0. The third-order valence-electron chi connectivity index (χ3n) is 3.46. The Morgan fingerprint density at radius 3 is 2.35 bits per heavy atom. The van der Waals surface area contributed by atoms with Gasteiger partial charge in [0.15, 0.2) is 5.78 Å². The first-order valence-electron chi connectivity index (χ1n) is 8.21. The lowest BCUT2D eigenvalue weighted by atomic mass is 10.2. The molecule has 0 bridgehead atoms. The van der Waals surface area contributed by atoms with E-state index in [0.717, 1.165) is 0 Å². The van der Waals surface area contributed by atoms with Gasteiger partial charge in [-0.1, -0.05) is 42.5 Å². The van der Waals surface area contributed by atoms with Gasteiger partial charge in [-0.05, 0) is 25.0 Å². The molecular weight excluding hydrogens is 355 g/mol. The number of hydrogen-bond donors (Lipinski definition) is 0. The lowest BCUT2D eigenvalue weighted by Gasteiger charge is -2.23. The van der Waals surface area contributed by atoms with Crippen LogP contribution in [0.1, 0.15) is 30.8 Å². The van der Waals surface area contributed by atoms with E-state index >= 15 is 0 Å². The zero-order valence-corrected chi connectivity index (χ0v) is 15.5. The molecule has 2 aromatic rings. The average molecular weight is 376 g/mol. The smallest absolute Gasteiger partial charge is 0.307 e. The van der Waals surface area contributed by atoms with E-state index in [9.17, 15) is 14.7 Å². The molecule has 0 spiro atoms. The highest BCUT2D eigenvalue weighted by atomic mass is 31.2. The van der Waals surface area contributed by atoms with E-state index in [2.05, 4.69) is 4.99 Å². The van der Waals surface area contributed by atoms with Crippen LogP contribution in [0.4, 0.5) is 5.69 Å². The van der Waals surface area contributed by atoms with Crippen LogP contribution >= 0.6 is 7.60 Å². The van der Waals surface area contributed by atoms with Gasteiger partial charge in [0.05, 0.1) is 18.1 Å². The molecule has 0 aliphatic carbocycles. The van der Waals surface area contributed by atoms with Crippen LogP contribution in [0.2, 0.25) is 0 Å². The molecule has 2 rings (SSSR count).